The second-order valence-electron chi connectivity index (χ2n) is 6.90. The van der Waals surface area contributed by atoms with E-state index in [4.69, 9.17) is 10.5 Å². The van der Waals surface area contributed by atoms with E-state index in [1.165, 1.54) is 5.56 Å². The van der Waals surface area contributed by atoms with Crippen molar-refractivity contribution in [1.82, 2.24) is 10.6 Å². The summed E-state index contributed by atoms with van der Waals surface area (Å²) in [6, 6.07) is 15.3. The third-order valence-electron chi connectivity index (χ3n) is 4.21. The van der Waals surface area contributed by atoms with Crippen LogP contribution in [0.2, 0.25) is 0 Å². The van der Waals surface area contributed by atoms with Gasteiger partial charge in [-0.05, 0) is 48.2 Å². The number of nitrogens with one attached hydrogen (secondary N) is 2. The average Bonchev–Trinajstić information content (AvgIpc) is 2.66. The zero-order chi connectivity index (χ0) is 19.8. The van der Waals surface area contributed by atoms with Crippen molar-refractivity contribution >= 4 is 22.0 Å². The van der Waals surface area contributed by atoms with Gasteiger partial charge in [0, 0.05) is 17.1 Å². The predicted octanol–water partition coefficient (Wildman–Crippen LogP) is 4.34. The Balaban J connectivity index is 1.71. The van der Waals surface area contributed by atoms with Crippen LogP contribution in [0.1, 0.15) is 43.9 Å². The monoisotopic (exact) mass is 433 g/mol. The van der Waals surface area contributed by atoms with E-state index in [1.54, 1.807) is 0 Å². The second-order valence-corrected chi connectivity index (χ2v) is 7.82. The number of ether oxygens (including phenoxy) is 1. The normalized spacial score (nSPS) is 13.1. The van der Waals surface area contributed by atoms with E-state index in [-0.39, 0.29) is 18.2 Å². The minimum Gasteiger partial charge on any atom is -0.489 e. The number of urea groups is 1. The van der Waals surface area contributed by atoms with Crippen LogP contribution in [0.3, 0.4) is 0 Å². The highest BCUT2D eigenvalue weighted by Crippen LogP contribution is 2.18. The Kier molecular flexibility index (Phi) is 8.13. The molecule has 2 atom stereocenters. The second kappa shape index (κ2) is 10.3. The maximum absolute atomic E-state index is 12.0. The molecule has 0 radical (unpaired) electrons. The van der Waals surface area contributed by atoms with Crippen LogP contribution in [0, 0.1) is 0 Å². The van der Waals surface area contributed by atoms with Crippen molar-refractivity contribution in [2.24, 2.45) is 5.73 Å². The molecule has 4 N–H and O–H groups in total. The van der Waals surface area contributed by atoms with Gasteiger partial charge in [0.05, 0.1) is 6.54 Å². The molecule has 5 nitrogen and oxygen atoms in total. The first-order chi connectivity index (χ1) is 12.8. The highest BCUT2D eigenvalue weighted by atomic mass is 79.9. The van der Waals surface area contributed by atoms with Gasteiger partial charge in [0.1, 0.15) is 11.9 Å². The molecule has 2 rings (SSSR count). The Morgan fingerprint density at radius 2 is 1.52 bits per heavy atom. The molecule has 0 aliphatic heterocycles. The molecule has 2 aromatic carbocycles. The molecule has 0 aromatic heterocycles. The maximum atomic E-state index is 12.0. The van der Waals surface area contributed by atoms with E-state index in [0.29, 0.717) is 19.0 Å². The van der Waals surface area contributed by atoms with E-state index >= 15 is 0 Å². The van der Waals surface area contributed by atoms with Crippen molar-refractivity contribution in [3.8, 4) is 5.75 Å². The van der Waals surface area contributed by atoms with E-state index in [0.717, 1.165) is 15.8 Å². The first-order valence-corrected chi connectivity index (χ1v) is 9.94. The molecular weight excluding hydrogens is 406 g/mol. The molecule has 0 aliphatic rings. The first kappa shape index (κ1) is 21.3. The number of amides is 2. The number of carbonyl (C=O) groups is 1. The van der Waals surface area contributed by atoms with Gasteiger partial charge in [0.2, 0.25) is 0 Å². The topological polar surface area (TPSA) is 76.4 Å². The fraction of sp³-hybridized carbons (Fsp3) is 0.381. The van der Waals surface area contributed by atoms with Crippen LogP contribution in [0.15, 0.2) is 53.0 Å². The number of rotatable bonds is 8. The predicted molar refractivity (Wildman–Crippen MR) is 113 cm³/mol. The number of halogens is 1. The molecule has 0 saturated heterocycles. The van der Waals surface area contributed by atoms with E-state index < -0.39 is 0 Å². The van der Waals surface area contributed by atoms with Gasteiger partial charge in [0.15, 0.2) is 0 Å². The number of hydrogen-bond acceptors (Lipinski definition) is 3. The lowest BCUT2D eigenvalue weighted by molar-refractivity contribution is 0.207. The summed E-state index contributed by atoms with van der Waals surface area (Å²) in [6.45, 7) is 6.99. The van der Waals surface area contributed by atoms with Gasteiger partial charge in [0.25, 0.3) is 0 Å². The quantitative estimate of drug-likeness (QED) is 0.579. The smallest absolute Gasteiger partial charge is 0.314 e. The van der Waals surface area contributed by atoms with Gasteiger partial charge < -0.3 is 21.1 Å². The minimum atomic E-state index is -0.254. The van der Waals surface area contributed by atoms with E-state index in [2.05, 4.69) is 52.5 Å². The summed E-state index contributed by atoms with van der Waals surface area (Å²) in [7, 11) is 0. The summed E-state index contributed by atoms with van der Waals surface area (Å²) >= 11 is 3.39. The van der Waals surface area contributed by atoms with Gasteiger partial charge in [-0.25, -0.2) is 4.79 Å². The van der Waals surface area contributed by atoms with Crippen LogP contribution in [0.5, 0.6) is 5.75 Å². The highest BCUT2D eigenvalue weighted by Gasteiger charge is 2.10. The zero-order valence-electron chi connectivity index (χ0n) is 16.0. The molecule has 6 heteroatoms. The van der Waals surface area contributed by atoms with Gasteiger partial charge >= 0.3 is 6.03 Å². The van der Waals surface area contributed by atoms with Gasteiger partial charge in [-0.15, -0.1) is 0 Å². The number of hydrogen-bond donors (Lipinski definition) is 3. The SMILES string of the molecule is CC(CNC(=O)NCC(N)c1ccc(C(C)C)cc1)Oc1ccc(Br)cc1. The van der Waals surface area contributed by atoms with Crippen LogP contribution in [-0.2, 0) is 0 Å². The molecule has 2 amide bonds. The summed E-state index contributed by atoms with van der Waals surface area (Å²) in [5.74, 6) is 1.25. The molecule has 2 unspecified atom stereocenters. The van der Waals surface area contributed by atoms with Crippen LogP contribution < -0.4 is 21.1 Å². The lowest BCUT2D eigenvalue weighted by Gasteiger charge is -2.17. The zero-order valence-corrected chi connectivity index (χ0v) is 17.6. The number of nitrogens with two attached hydrogens (primary N) is 1. The Morgan fingerprint density at radius 3 is 2.11 bits per heavy atom. The van der Waals surface area contributed by atoms with Crippen LogP contribution >= 0.6 is 15.9 Å². The third-order valence-corrected chi connectivity index (χ3v) is 4.74. The van der Waals surface area contributed by atoms with Gasteiger partial charge in [-0.3, -0.25) is 0 Å². The first-order valence-electron chi connectivity index (χ1n) is 9.14. The van der Waals surface area contributed by atoms with Crippen molar-refractivity contribution in [2.75, 3.05) is 13.1 Å². The summed E-state index contributed by atoms with van der Waals surface area (Å²) in [5.41, 5.74) is 8.45. The molecule has 0 bridgehead atoms. The van der Waals surface area contributed by atoms with Crippen LogP contribution in [0.4, 0.5) is 4.79 Å². The lowest BCUT2D eigenvalue weighted by Crippen LogP contribution is -2.42. The highest BCUT2D eigenvalue weighted by molar-refractivity contribution is 9.10. The van der Waals surface area contributed by atoms with E-state index in [1.807, 2.05) is 43.3 Å². The van der Waals surface area contributed by atoms with Crippen molar-refractivity contribution < 1.29 is 9.53 Å². The van der Waals surface area contributed by atoms with Gasteiger partial charge in [-0.2, -0.15) is 0 Å². The molecule has 0 fully saturated rings. The summed E-state index contributed by atoms with van der Waals surface area (Å²) < 4.78 is 6.75. The fourth-order valence-corrected chi connectivity index (χ4v) is 2.80. The number of carbonyl (C=O) groups excluding carboxylic acids is 1. The van der Waals surface area contributed by atoms with Crippen molar-refractivity contribution in [2.45, 2.75) is 38.8 Å². The largest absolute Gasteiger partial charge is 0.489 e. The average molecular weight is 434 g/mol. The standard InChI is InChI=1S/C21H28BrN3O2/c1-14(2)16-4-6-17(7-5-16)20(23)13-25-21(26)24-12-15(3)27-19-10-8-18(22)9-11-19/h4-11,14-15,20H,12-13,23H2,1-3H3,(H2,24,25,26). The van der Waals surface area contributed by atoms with Crippen molar-refractivity contribution in [3.05, 3.63) is 64.1 Å². The Morgan fingerprint density at radius 1 is 0.963 bits per heavy atom. The molecule has 27 heavy (non-hydrogen) atoms. The Labute approximate surface area is 169 Å². The molecule has 2 aromatic rings. The molecular formula is C21H28BrN3O2. The summed E-state index contributed by atoms with van der Waals surface area (Å²) in [6.07, 6.45) is -0.144. The molecule has 0 saturated carbocycles. The number of benzene rings is 2. The maximum Gasteiger partial charge on any atom is 0.314 e. The fourth-order valence-electron chi connectivity index (χ4n) is 2.53. The van der Waals surface area contributed by atoms with Crippen molar-refractivity contribution in [3.63, 3.8) is 0 Å². The van der Waals surface area contributed by atoms with Gasteiger partial charge in [-0.1, -0.05) is 54.0 Å². The summed E-state index contributed by atoms with van der Waals surface area (Å²) in [4.78, 5) is 12.0. The lowest BCUT2D eigenvalue weighted by atomic mass is 9.99. The third kappa shape index (κ3) is 7.23. The van der Waals surface area contributed by atoms with Crippen LogP contribution in [0.25, 0.3) is 0 Å². The molecule has 0 heterocycles. The van der Waals surface area contributed by atoms with Crippen LogP contribution in [-0.4, -0.2) is 25.2 Å². The summed E-state index contributed by atoms with van der Waals surface area (Å²) in [5, 5.41) is 5.61. The molecule has 0 spiro atoms. The Hall–Kier alpha value is -2.05. The van der Waals surface area contributed by atoms with E-state index in [9.17, 15) is 4.79 Å². The molecule has 146 valence electrons. The molecule has 0 aliphatic carbocycles. The minimum absolute atomic E-state index is 0.144. The Bertz CT molecular complexity index is 717. The van der Waals surface area contributed by atoms with Crippen molar-refractivity contribution in [1.29, 1.82) is 0 Å².